The van der Waals surface area contributed by atoms with Crippen LogP contribution in [0.3, 0.4) is 0 Å². The van der Waals surface area contributed by atoms with Crippen molar-refractivity contribution in [1.29, 1.82) is 0 Å². The molecule has 2 rings (SSSR count). The number of nitrogens with one attached hydrogen (secondary N) is 3. The van der Waals surface area contributed by atoms with Crippen molar-refractivity contribution < 1.29 is 28.6 Å². The minimum Gasteiger partial charge on any atom is -0.448 e. The topological polar surface area (TPSA) is 159 Å². The predicted molar refractivity (Wildman–Crippen MR) is 147 cm³/mol. The highest BCUT2D eigenvalue weighted by Crippen LogP contribution is 2.15. The van der Waals surface area contributed by atoms with Gasteiger partial charge in [0.1, 0.15) is 23.8 Å². The number of tetrazole rings is 1. The molecular weight excluding hydrogens is 518 g/mol. The third-order valence-electron chi connectivity index (χ3n) is 5.54. The van der Waals surface area contributed by atoms with Crippen molar-refractivity contribution >= 4 is 18.1 Å². The van der Waals surface area contributed by atoms with Crippen molar-refractivity contribution in [2.75, 3.05) is 19.8 Å². The minimum absolute atomic E-state index is 0.0227. The van der Waals surface area contributed by atoms with E-state index in [1.54, 1.807) is 34.6 Å². The summed E-state index contributed by atoms with van der Waals surface area (Å²) in [7, 11) is 0. The molecule has 1 aromatic carbocycles. The van der Waals surface area contributed by atoms with Crippen LogP contribution in [0.25, 0.3) is 0 Å². The van der Waals surface area contributed by atoms with E-state index in [9.17, 15) is 14.4 Å². The Hall–Kier alpha value is -3.74. The Labute approximate surface area is 235 Å². The molecule has 40 heavy (non-hydrogen) atoms. The highest BCUT2D eigenvalue weighted by molar-refractivity contribution is 5.89. The van der Waals surface area contributed by atoms with Gasteiger partial charge >= 0.3 is 12.2 Å². The van der Waals surface area contributed by atoms with Gasteiger partial charge in [-0.05, 0) is 57.0 Å². The summed E-state index contributed by atoms with van der Waals surface area (Å²) in [5.74, 6) is -0.189. The number of carbonyl (C=O) groups is 3. The van der Waals surface area contributed by atoms with Crippen LogP contribution >= 0.6 is 0 Å². The van der Waals surface area contributed by atoms with Crippen LogP contribution in [-0.4, -0.2) is 69.2 Å². The zero-order valence-electron chi connectivity index (χ0n) is 24.4. The molecule has 0 bridgehead atoms. The van der Waals surface area contributed by atoms with E-state index in [4.69, 9.17) is 14.2 Å². The summed E-state index contributed by atoms with van der Waals surface area (Å²) >= 11 is 0. The third kappa shape index (κ3) is 12.0. The molecule has 0 saturated carbocycles. The van der Waals surface area contributed by atoms with E-state index in [0.717, 1.165) is 24.8 Å². The lowest BCUT2D eigenvalue weighted by molar-refractivity contribution is -0.127. The van der Waals surface area contributed by atoms with Crippen LogP contribution in [0.5, 0.6) is 0 Å². The molecule has 0 aliphatic carbocycles. The van der Waals surface area contributed by atoms with Gasteiger partial charge in [-0.2, -0.15) is 0 Å². The van der Waals surface area contributed by atoms with Crippen LogP contribution in [0.4, 0.5) is 9.59 Å². The first kappa shape index (κ1) is 32.5. The van der Waals surface area contributed by atoms with Gasteiger partial charge in [0, 0.05) is 6.54 Å². The Bertz CT molecular complexity index is 1070. The number of ether oxygens (including phenoxy) is 3. The Balaban J connectivity index is 2.07. The second-order valence-corrected chi connectivity index (χ2v) is 10.8. The van der Waals surface area contributed by atoms with Gasteiger partial charge in [0.15, 0.2) is 5.82 Å². The first-order chi connectivity index (χ1) is 18.9. The molecule has 1 heterocycles. The number of aromatic nitrogens is 4. The number of nitrogens with zero attached hydrogens (tertiary/aromatic N) is 4. The number of benzene rings is 1. The standard InChI is InChI=1S/C27H43N7O6/c1-7-8-12-15-28-24(36)39-17-16-34-22(31-32-33-34)21(19-38-18-20-13-10-9-11-14-20)29-23(35)27(5,6)30-25(37)40-26(2,3)4/h9-11,13-14,21H,7-8,12,15-19H2,1-6H3,(H,28,36)(H,29,35)(H,30,37)/t21-/m1/s1. The van der Waals surface area contributed by atoms with Crippen LogP contribution < -0.4 is 16.0 Å². The number of hydrogen-bond acceptors (Lipinski definition) is 9. The number of alkyl carbamates (subject to hydrolysis) is 2. The van der Waals surface area contributed by atoms with Crippen LogP contribution in [0.15, 0.2) is 30.3 Å². The van der Waals surface area contributed by atoms with Crippen LogP contribution in [0, 0.1) is 0 Å². The molecule has 13 nitrogen and oxygen atoms in total. The first-order valence-electron chi connectivity index (χ1n) is 13.5. The zero-order valence-corrected chi connectivity index (χ0v) is 24.4. The van der Waals surface area contributed by atoms with E-state index in [2.05, 4.69) is 38.4 Å². The van der Waals surface area contributed by atoms with Crippen molar-refractivity contribution in [1.82, 2.24) is 36.2 Å². The molecular formula is C27H43N7O6. The lowest BCUT2D eigenvalue weighted by Gasteiger charge is -2.29. The molecule has 0 saturated heterocycles. The average molecular weight is 562 g/mol. The molecule has 1 atom stereocenters. The van der Waals surface area contributed by atoms with E-state index in [0.29, 0.717) is 19.0 Å². The van der Waals surface area contributed by atoms with E-state index >= 15 is 0 Å². The summed E-state index contributed by atoms with van der Waals surface area (Å²) in [4.78, 5) is 37.5. The summed E-state index contributed by atoms with van der Waals surface area (Å²) in [6, 6.07) is 8.81. The quantitative estimate of drug-likeness (QED) is 0.277. The normalized spacial score (nSPS) is 12.3. The lowest BCUT2D eigenvalue weighted by Crippen LogP contribution is -2.56. The maximum Gasteiger partial charge on any atom is 0.408 e. The van der Waals surface area contributed by atoms with E-state index in [-0.39, 0.29) is 19.8 Å². The molecule has 0 aliphatic rings. The lowest BCUT2D eigenvalue weighted by atomic mass is 10.0. The number of hydrogen-bond donors (Lipinski definition) is 3. The predicted octanol–water partition coefficient (Wildman–Crippen LogP) is 3.27. The molecule has 0 spiro atoms. The second kappa shape index (κ2) is 15.8. The Kier molecular flexibility index (Phi) is 12.8. The molecule has 0 radical (unpaired) electrons. The monoisotopic (exact) mass is 561 g/mol. The summed E-state index contributed by atoms with van der Waals surface area (Å²) in [6.45, 7) is 11.5. The van der Waals surface area contributed by atoms with Gasteiger partial charge in [-0.25, -0.2) is 14.3 Å². The Morgan fingerprint density at radius 3 is 2.42 bits per heavy atom. The van der Waals surface area contributed by atoms with Crippen molar-refractivity contribution in [2.24, 2.45) is 0 Å². The van der Waals surface area contributed by atoms with Crippen LogP contribution in [-0.2, 0) is 32.2 Å². The number of amides is 3. The summed E-state index contributed by atoms with van der Waals surface area (Å²) < 4.78 is 17.9. The van der Waals surface area contributed by atoms with Crippen LogP contribution in [0.2, 0.25) is 0 Å². The minimum atomic E-state index is -1.32. The highest BCUT2D eigenvalue weighted by atomic mass is 16.6. The van der Waals surface area contributed by atoms with Crippen molar-refractivity contribution in [3.63, 3.8) is 0 Å². The molecule has 13 heteroatoms. The Morgan fingerprint density at radius 2 is 1.75 bits per heavy atom. The zero-order chi connectivity index (χ0) is 29.6. The fourth-order valence-electron chi connectivity index (χ4n) is 3.47. The van der Waals surface area contributed by atoms with Crippen molar-refractivity contribution in [2.45, 2.75) is 91.1 Å². The first-order valence-corrected chi connectivity index (χ1v) is 13.5. The van der Waals surface area contributed by atoms with Gasteiger partial charge in [0.25, 0.3) is 0 Å². The average Bonchev–Trinajstić information content (AvgIpc) is 3.33. The summed E-state index contributed by atoms with van der Waals surface area (Å²) in [5.41, 5.74) is -1.09. The van der Waals surface area contributed by atoms with Crippen LogP contribution in [0.1, 0.15) is 78.2 Å². The van der Waals surface area contributed by atoms with Gasteiger partial charge < -0.3 is 30.2 Å². The molecule has 222 valence electrons. The smallest absolute Gasteiger partial charge is 0.408 e. The Morgan fingerprint density at radius 1 is 1.02 bits per heavy atom. The second-order valence-electron chi connectivity index (χ2n) is 10.8. The molecule has 1 aromatic heterocycles. The summed E-state index contributed by atoms with van der Waals surface area (Å²) in [5, 5.41) is 20.0. The maximum atomic E-state index is 13.3. The van der Waals surface area contributed by atoms with Crippen molar-refractivity contribution in [3.8, 4) is 0 Å². The molecule has 0 unspecified atom stereocenters. The van der Waals surface area contributed by atoms with Crippen molar-refractivity contribution in [3.05, 3.63) is 41.7 Å². The van der Waals surface area contributed by atoms with E-state index < -0.39 is 35.3 Å². The third-order valence-corrected chi connectivity index (χ3v) is 5.54. The fourth-order valence-corrected chi connectivity index (χ4v) is 3.47. The number of carbonyl (C=O) groups excluding carboxylic acids is 3. The summed E-state index contributed by atoms with van der Waals surface area (Å²) in [6.07, 6.45) is 1.72. The van der Waals surface area contributed by atoms with E-state index in [1.807, 2.05) is 30.3 Å². The maximum absolute atomic E-state index is 13.3. The largest absolute Gasteiger partial charge is 0.448 e. The van der Waals surface area contributed by atoms with Gasteiger partial charge in [-0.1, -0.05) is 50.1 Å². The SMILES string of the molecule is CCCCCNC(=O)OCCn1nnnc1[C@@H](COCc1ccccc1)NC(=O)C(C)(C)NC(=O)OC(C)(C)C. The van der Waals surface area contributed by atoms with Gasteiger partial charge in [-0.15, -0.1) is 5.10 Å². The van der Waals surface area contributed by atoms with Gasteiger partial charge in [0.2, 0.25) is 5.91 Å². The fraction of sp³-hybridized carbons (Fsp3) is 0.630. The number of unbranched alkanes of at least 4 members (excludes halogenated alkanes) is 2. The molecule has 3 N–H and O–H groups in total. The molecule has 3 amide bonds. The molecule has 0 fully saturated rings. The molecule has 2 aromatic rings. The molecule has 0 aliphatic heterocycles. The highest BCUT2D eigenvalue weighted by Gasteiger charge is 2.34. The number of rotatable bonds is 15. The van der Waals surface area contributed by atoms with Gasteiger partial charge in [-0.3, -0.25) is 4.79 Å². The van der Waals surface area contributed by atoms with Gasteiger partial charge in [0.05, 0.1) is 19.8 Å². The van der Waals surface area contributed by atoms with E-state index in [1.165, 1.54) is 4.68 Å².